The Hall–Kier alpha value is -2.29. The molecule has 142 valence electrons. The van der Waals surface area contributed by atoms with Crippen LogP contribution in [0.15, 0.2) is 65.3 Å². The Labute approximate surface area is 158 Å². The van der Waals surface area contributed by atoms with Crippen LogP contribution in [0.5, 0.6) is 5.75 Å². The van der Waals surface area contributed by atoms with Crippen LogP contribution in [-0.4, -0.2) is 12.3 Å². The number of allylic oxidation sites excluding steroid dienone is 5. The maximum atomic E-state index is 11.8. The standard InChI is InChI=1S/C23H32O3/c1-18(2)11-9-12-19(3)13-10-14-20(4)17-21(5)25-23(24)26-22-15-7-6-8-16-22/h6-8,11,13,15-17,21H,9-10,12,14H2,1-5H3/b19-13+,20-17+. The molecule has 0 aliphatic heterocycles. The summed E-state index contributed by atoms with van der Waals surface area (Å²) in [6.45, 7) is 10.4. The van der Waals surface area contributed by atoms with Crippen molar-refractivity contribution < 1.29 is 14.3 Å². The lowest BCUT2D eigenvalue weighted by molar-refractivity contribution is 0.0821. The topological polar surface area (TPSA) is 35.5 Å². The molecule has 3 heteroatoms. The van der Waals surface area contributed by atoms with Gasteiger partial charge in [0.25, 0.3) is 0 Å². The van der Waals surface area contributed by atoms with Gasteiger partial charge >= 0.3 is 6.16 Å². The molecule has 1 aromatic rings. The molecular weight excluding hydrogens is 324 g/mol. The van der Waals surface area contributed by atoms with Gasteiger partial charge in [0.1, 0.15) is 11.9 Å². The third kappa shape index (κ3) is 10.5. The number of carbonyl (C=O) groups is 1. The fraction of sp³-hybridized carbons (Fsp3) is 0.435. The summed E-state index contributed by atoms with van der Waals surface area (Å²) in [4.78, 5) is 11.8. The van der Waals surface area contributed by atoms with Gasteiger partial charge in [0.2, 0.25) is 0 Å². The van der Waals surface area contributed by atoms with E-state index in [4.69, 9.17) is 9.47 Å². The number of benzene rings is 1. The van der Waals surface area contributed by atoms with E-state index in [1.54, 1.807) is 12.1 Å². The summed E-state index contributed by atoms with van der Waals surface area (Å²) in [5, 5.41) is 0. The highest BCUT2D eigenvalue weighted by Gasteiger charge is 2.09. The molecule has 0 aromatic heterocycles. The van der Waals surface area contributed by atoms with Crippen LogP contribution >= 0.6 is 0 Å². The summed E-state index contributed by atoms with van der Waals surface area (Å²) in [7, 11) is 0. The molecule has 0 heterocycles. The van der Waals surface area contributed by atoms with E-state index < -0.39 is 6.16 Å². The second-order valence-electron chi connectivity index (χ2n) is 6.91. The van der Waals surface area contributed by atoms with Crippen molar-refractivity contribution in [2.75, 3.05) is 0 Å². The van der Waals surface area contributed by atoms with Crippen molar-refractivity contribution in [1.29, 1.82) is 0 Å². The van der Waals surface area contributed by atoms with Crippen molar-refractivity contribution in [3.63, 3.8) is 0 Å². The van der Waals surface area contributed by atoms with Gasteiger partial charge in [-0.2, -0.15) is 0 Å². The van der Waals surface area contributed by atoms with E-state index in [0.717, 1.165) is 25.7 Å². The summed E-state index contributed by atoms with van der Waals surface area (Å²) in [5.41, 5.74) is 4.00. The fourth-order valence-corrected chi connectivity index (χ4v) is 2.52. The second-order valence-corrected chi connectivity index (χ2v) is 6.91. The normalized spacial score (nSPS) is 13.1. The smallest absolute Gasteiger partial charge is 0.427 e. The average Bonchev–Trinajstić information content (AvgIpc) is 2.54. The highest BCUT2D eigenvalue weighted by molar-refractivity contribution is 5.64. The minimum atomic E-state index is -0.678. The second kappa shape index (κ2) is 12.1. The number of carbonyl (C=O) groups excluding carboxylic acids is 1. The van der Waals surface area contributed by atoms with Crippen LogP contribution in [0.1, 0.15) is 60.3 Å². The maximum absolute atomic E-state index is 11.8. The van der Waals surface area contributed by atoms with Gasteiger partial charge in [0.05, 0.1) is 0 Å². The highest BCUT2D eigenvalue weighted by Crippen LogP contribution is 2.14. The molecule has 1 aromatic carbocycles. The number of rotatable bonds is 9. The molecule has 0 radical (unpaired) electrons. The van der Waals surface area contributed by atoms with E-state index in [0.29, 0.717) is 5.75 Å². The summed E-state index contributed by atoms with van der Waals surface area (Å²) in [5.74, 6) is 0.485. The molecule has 0 amide bonds. The molecular formula is C23H32O3. The molecule has 0 saturated heterocycles. The number of hydrogen-bond donors (Lipinski definition) is 0. The van der Waals surface area contributed by atoms with Gasteiger partial charge in [0.15, 0.2) is 0 Å². The molecule has 0 spiro atoms. The largest absolute Gasteiger partial charge is 0.514 e. The first-order valence-corrected chi connectivity index (χ1v) is 9.26. The molecule has 3 nitrogen and oxygen atoms in total. The lowest BCUT2D eigenvalue weighted by Crippen LogP contribution is -2.16. The average molecular weight is 357 g/mol. The monoisotopic (exact) mass is 356 g/mol. The van der Waals surface area contributed by atoms with Crippen LogP contribution in [0, 0.1) is 0 Å². The van der Waals surface area contributed by atoms with E-state index in [9.17, 15) is 4.79 Å². The fourth-order valence-electron chi connectivity index (χ4n) is 2.52. The van der Waals surface area contributed by atoms with Gasteiger partial charge < -0.3 is 9.47 Å². The van der Waals surface area contributed by atoms with Gasteiger partial charge in [-0.1, -0.05) is 47.1 Å². The number of ether oxygens (including phenoxy) is 2. The number of hydrogen-bond acceptors (Lipinski definition) is 3. The number of para-hydroxylation sites is 1. The summed E-state index contributed by atoms with van der Waals surface area (Å²) < 4.78 is 10.4. The Balaban J connectivity index is 2.34. The zero-order valence-corrected chi connectivity index (χ0v) is 16.7. The lowest BCUT2D eigenvalue weighted by Gasteiger charge is -2.11. The maximum Gasteiger partial charge on any atom is 0.514 e. The minimum Gasteiger partial charge on any atom is -0.427 e. The van der Waals surface area contributed by atoms with E-state index in [1.165, 1.54) is 16.7 Å². The van der Waals surface area contributed by atoms with Gasteiger partial charge in [-0.15, -0.1) is 0 Å². The van der Waals surface area contributed by atoms with Crippen LogP contribution in [-0.2, 0) is 4.74 Å². The zero-order chi connectivity index (χ0) is 19.4. The zero-order valence-electron chi connectivity index (χ0n) is 16.7. The van der Waals surface area contributed by atoms with Gasteiger partial charge in [-0.25, -0.2) is 4.79 Å². The summed E-state index contributed by atoms with van der Waals surface area (Å²) >= 11 is 0. The first-order valence-electron chi connectivity index (χ1n) is 9.26. The molecule has 1 rings (SSSR count). The Morgan fingerprint density at radius 3 is 2.23 bits per heavy atom. The van der Waals surface area contributed by atoms with Crippen LogP contribution in [0.4, 0.5) is 4.79 Å². The molecule has 0 N–H and O–H groups in total. The molecule has 0 aliphatic rings. The quantitative estimate of drug-likeness (QED) is 0.271. The third-order valence-electron chi connectivity index (χ3n) is 3.87. The van der Waals surface area contributed by atoms with E-state index in [-0.39, 0.29) is 6.10 Å². The minimum absolute atomic E-state index is 0.311. The highest BCUT2D eigenvalue weighted by atomic mass is 16.7. The van der Waals surface area contributed by atoms with Crippen molar-refractivity contribution in [2.45, 2.75) is 66.4 Å². The lowest BCUT2D eigenvalue weighted by atomic mass is 10.1. The van der Waals surface area contributed by atoms with Crippen molar-refractivity contribution in [3.8, 4) is 5.75 Å². The van der Waals surface area contributed by atoms with Crippen molar-refractivity contribution in [1.82, 2.24) is 0 Å². The van der Waals surface area contributed by atoms with Crippen molar-refractivity contribution >= 4 is 6.16 Å². The van der Waals surface area contributed by atoms with E-state index in [2.05, 4.69) is 39.8 Å². The van der Waals surface area contributed by atoms with Crippen LogP contribution in [0.25, 0.3) is 0 Å². The Bertz CT molecular complexity index is 635. The van der Waals surface area contributed by atoms with Crippen molar-refractivity contribution in [2.24, 2.45) is 0 Å². The SMILES string of the molecule is CC(C)=CCC/C(C)=C/CC/C(C)=C/C(C)OC(=O)Oc1ccccc1. The third-order valence-corrected chi connectivity index (χ3v) is 3.87. The van der Waals surface area contributed by atoms with Crippen molar-refractivity contribution in [3.05, 3.63) is 65.3 Å². The first-order chi connectivity index (χ1) is 12.4. The van der Waals surface area contributed by atoms with E-state index >= 15 is 0 Å². The Morgan fingerprint density at radius 2 is 1.58 bits per heavy atom. The molecule has 26 heavy (non-hydrogen) atoms. The summed E-state index contributed by atoms with van der Waals surface area (Å²) in [6, 6.07) is 8.93. The molecule has 1 unspecified atom stereocenters. The first kappa shape index (κ1) is 21.8. The Kier molecular flexibility index (Phi) is 10.1. The van der Waals surface area contributed by atoms with E-state index in [1.807, 2.05) is 31.2 Å². The predicted molar refractivity (Wildman–Crippen MR) is 108 cm³/mol. The summed E-state index contributed by atoms with van der Waals surface area (Å²) in [6.07, 6.45) is 9.73. The van der Waals surface area contributed by atoms with Gasteiger partial charge in [-0.3, -0.25) is 0 Å². The van der Waals surface area contributed by atoms with Crippen LogP contribution in [0.2, 0.25) is 0 Å². The molecule has 0 saturated carbocycles. The van der Waals surface area contributed by atoms with Gasteiger partial charge in [0, 0.05) is 0 Å². The van der Waals surface area contributed by atoms with Crippen LogP contribution < -0.4 is 4.74 Å². The predicted octanol–water partition coefficient (Wildman–Crippen LogP) is 7.01. The molecule has 0 bridgehead atoms. The molecule has 0 fully saturated rings. The molecule has 0 aliphatic carbocycles. The molecule has 1 atom stereocenters. The Morgan fingerprint density at radius 1 is 0.962 bits per heavy atom. The van der Waals surface area contributed by atoms with Gasteiger partial charge in [-0.05, 0) is 78.5 Å². The van der Waals surface area contributed by atoms with Crippen LogP contribution in [0.3, 0.4) is 0 Å².